The van der Waals surface area contributed by atoms with Gasteiger partial charge >= 0.3 is 0 Å². The summed E-state index contributed by atoms with van der Waals surface area (Å²) in [5.74, 6) is 0. The SMILES string of the molecule is C[C@H](CNc1ccc(Cl)cc1[N+](=O)[O-])NS(=O)(=O)c1ccc(Cl)cc1. The first-order chi connectivity index (χ1) is 11.7. The number of sulfonamides is 1. The van der Waals surface area contributed by atoms with Crippen LogP contribution in [-0.2, 0) is 10.0 Å². The zero-order valence-corrected chi connectivity index (χ0v) is 15.4. The Balaban J connectivity index is 2.05. The van der Waals surface area contributed by atoms with E-state index in [0.717, 1.165) is 0 Å². The number of nitro groups is 1. The minimum absolute atomic E-state index is 0.0845. The second-order valence-corrected chi connectivity index (χ2v) is 7.86. The van der Waals surface area contributed by atoms with Crippen LogP contribution < -0.4 is 10.0 Å². The molecule has 0 spiro atoms. The number of nitrogens with one attached hydrogen (secondary N) is 2. The second-order valence-electron chi connectivity index (χ2n) is 5.28. The van der Waals surface area contributed by atoms with Crippen molar-refractivity contribution in [3.8, 4) is 0 Å². The molecule has 0 aliphatic carbocycles. The van der Waals surface area contributed by atoms with Gasteiger partial charge in [-0.15, -0.1) is 0 Å². The summed E-state index contributed by atoms with van der Waals surface area (Å²) in [5.41, 5.74) is 0.0761. The third-order valence-electron chi connectivity index (χ3n) is 3.24. The van der Waals surface area contributed by atoms with E-state index < -0.39 is 21.0 Å². The molecule has 0 saturated carbocycles. The van der Waals surface area contributed by atoms with Gasteiger partial charge in [-0.3, -0.25) is 10.1 Å². The molecule has 2 aromatic rings. The quantitative estimate of drug-likeness (QED) is 0.542. The second kappa shape index (κ2) is 8.01. The lowest BCUT2D eigenvalue weighted by Gasteiger charge is -2.16. The number of anilines is 1. The van der Waals surface area contributed by atoms with Gasteiger partial charge in [-0.1, -0.05) is 23.2 Å². The van der Waals surface area contributed by atoms with Crippen molar-refractivity contribution in [2.24, 2.45) is 0 Å². The predicted octanol–water partition coefficient (Wildman–Crippen LogP) is 3.68. The van der Waals surface area contributed by atoms with Crippen LogP contribution in [0.3, 0.4) is 0 Å². The van der Waals surface area contributed by atoms with Crippen molar-refractivity contribution in [3.05, 3.63) is 62.6 Å². The first-order valence-corrected chi connectivity index (χ1v) is 9.38. The van der Waals surface area contributed by atoms with Crippen LogP contribution in [0.25, 0.3) is 0 Å². The van der Waals surface area contributed by atoms with E-state index in [1.54, 1.807) is 6.92 Å². The Morgan fingerprint density at radius 3 is 2.32 bits per heavy atom. The number of rotatable bonds is 7. The van der Waals surface area contributed by atoms with Crippen LogP contribution in [-0.4, -0.2) is 25.9 Å². The third kappa shape index (κ3) is 5.30. The van der Waals surface area contributed by atoms with E-state index >= 15 is 0 Å². The van der Waals surface area contributed by atoms with Crippen molar-refractivity contribution in [2.75, 3.05) is 11.9 Å². The summed E-state index contributed by atoms with van der Waals surface area (Å²) in [6, 6.07) is 9.46. The summed E-state index contributed by atoms with van der Waals surface area (Å²) in [5, 5.41) is 14.6. The van der Waals surface area contributed by atoms with Gasteiger partial charge in [0, 0.05) is 28.7 Å². The number of hydrogen-bond acceptors (Lipinski definition) is 5. The molecule has 10 heteroatoms. The van der Waals surface area contributed by atoms with E-state index in [1.807, 2.05) is 0 Å². The molecule has 7 nitrogen and oxygen atoms in total. The molecule has 0 bridgehead atoms. The van der Waals surface area contributed by atoms with Crippen molar-refractivity contribution in [1.82, 2.24) is 4.72 Å². The van der Waals surface area contributed by atoms with Gasteiger partial charge in [0.25, 0.3) is 5.69 Å². The zero-order valence-electron chi connectivity index (χ0n) is 13.1. The Morgan fingerprint density at radius 2 is 1.72 bits per heavy atom. The summed E-state index contributed by atoms with van der Waals surface area (Å²) >= 11 is 11.5. The third-order valence-corrected chi connectivity index (χ3v) is 5.33. The molecule has 0 heterocycles. The summed E-state index contributed by atoms with van der Waals surface area (Å²) in [6.07, 6.45) is 0. The molecule has 2 N–H and O–H groups in total. The highest BCUT2D eigenvalue weighted by atomic mass is 35.5. The van der Waals surface area contributed by atoms with Crippen molar-refractivity contribution in [1.29, 1.82) is 0 Å². The molecule has 2 aromatic carbocycles. The number of nitro benzene ring substituents is 1. The Kier molecular flexibility index (Phi) is 6.23. The van der Waals surface area contributed by atoms with Crippen molar-refractivity contribution in [2.45, 2.75) is 17.9 Å². The number of benzene rings is 2. The van der Waals surface area contributed by atoms with Crippen LogP contribution in [0, 0.1) is 10.1 Å². The molecule has 0 aliphatic heterocycles. The molecular formula is C15H15Cl2N3O4S. The highest BCUT2D eigenvalue weighted by Crippen LogP contribution is 2.27. The number of hydrogen-bond donors (Lipinski definition) is 2. The van der Waals surface area contributed by atoms with Crippen LogP contribution in [0.2, 0.25) is 10.0 Å². The Hall–Kier alpha value is -1.87. The maximum atomic E-state index is 12.3. The van der Waals surface area contributed by atoms with Crippen LogP contribution in [0.5, 0.6) is 0 Å². The average Bonchev–Trinajstić information content (AvgIpc) is 2.53. The Labute approximate surface area is 155 Å². The minimum Gasteiger partial charge on any atom is -0.378 e. The van der Waals surface area contributed by atoms with E-state index in [9.17, 15) is 18.5 Å². The zero-order chi connectivity index (χ0) is 18.6. The van der Waals surface area contributed by atoms with Crippen molar-refractivity contribution < 1.29 is 13.3 Å². The lowest BCUT2D eigenvalue weighted by molar-refractivity contribution is -0.383. The maximum absolute atomic E-state index is 12.3. The van der Waals surface area contributed by atoms with E-state index in [-0.39, 0.29) is 27.8 Å². The summed E-state index contributed by atoms with van der Waals surface area (Å²) in [6.45, 7) is 1.79. The molecule has 0 amide bonds. The standard InChI is InChI=1S/C15H15Cl2N3O4S/c1-10(19-25(23,24)13-5-2-11(16)3-6-13)9-18-14-7-4-12(17)8-15(14)20(21)22/h2-8,10,18-19H,9H2,1H3/t10-/m1/s1. The molecule has 1 atom stereocenters. The van der Waals surface area contributed by atoms with Crippen LogP contribution in [0.1, 0.15) is 6.92 Å². The fourth-order valence-corrected chi connectivity index (χ4v) is 3.59. The van der Waals surface area contributed by atoms with Crippen molar-refractivity contribution in [3.63, 3.8) is 0 Å². The summed E-state index contributed by atoms with van der Waals surface area (Å²) in [7, 11) is -3.72. The van der Waals surface area contributed by atoms with Gasteiger partial charge in [0.15, 0.2) is 0 Å². The normalized spacial score (nSPS) is 12.6. The molecule has 2 rings (SSSR count). The monoisotopic (exact) mass is 403 g/mol. The fraction of sp³-hybridized carbons (Fsp3) is 0.200. The van der Waals surface area contributed by atoms with Gasteiger partial charge in [0.1, 0.15) is 5.69 Å². The van der Waals surface area contributed by atoms with E-state index in [2.05, 4.69) is 10.0 Å². The molecular weight excluding hydrogens is 389 g/mol. The van der Waals surface area contributed by atoms with Gasteiger partial charge in [0.05, 0.1) is 9.82 Å². The highest BCUT2D eigenvalue weighted by molar-refractivity contribution is 7.89. The molecule has 0 radical (unpaired) electrons. The summed E-state index contributed by atoms with van der Waals surface area (Å²) in [4.78, 5) is 10.6. The number of nitrogens with zero attached hydrogens (tertiary/aromatic N) is 1. The Bertz CT molecular complexity index is 873. The van der Waals surface area contributed by atoms with Gasteiger partial charge in [-0.05, 0) is 43.3 Å². The topological polar surface area (TPSA) is 101 Å². The predicted molar refractivity (Wildman–Crippen MR) is 97.8 cm³/mol. The first kappa shape index (κ1) is 19.5. The first-order valence-electron chi connectivity index (χ1n) is 7.15. The van der Waals surface area contributed by atoms with Gasteiger partial charge in [-0.25, -0.2) is 13.1 Å². The fourth-order valence-electron chi connectivity index (χ4n) is 2.06. The largest absolute Gasteiger partial charge is 0.378 e. The van der Waals surface area contributed by atoms with E-state index in [1.165, 1.54) is 42.5 Å². The van der Waals surface area contributed by atoms with E-state index in [0.29, 0.717) is 5.02 Å². The van der Waals surface area contributed by atoms with Gasteiger partial charge in [0.2, 0.25) is 10.0 Å². The minimum atomic E-state index is -3.72. The lowest BCUT2D eigenvalue weighted by atomic mass is 10.2. The van der Waals surface area contributed by atoms with Crippen LogP contribution >= 0.6 is 23.2 Å². The van der Waals surface area contributed by atoms with Gasteiger partial charge < -0.3 is 5.32 Å². The maximum Gasteiger partial charge on any atom is 0.293 e. The van der Waals surface area contributed by atoms with Crippen molar-refractivity contribution >= 4 is 44.6 Å². The lowest BCUT2D eigenvalue weighted by Crippen LogP contribution is -2.37. The molecule has 0 aromatic heterocycles. The molecule has 134 valence electrons. The molecule has 25 heavy (non-hydrogen) atoms. The van der Waals surface area contributed by atoms with Crippen LogP contribution in [0.4, 0.5) is 11.4 Å². The molecule has 0 saturated heterocycles. The summed E-state index contributed by atoms with van der Waals surface area (Å²) < 4.78 is 27.0. The van der Waals surface area contributed by atoms with Crippen LogP contribution in [0.15, 0.2) is 47.4 Å². The molecule has 0 unspecified atom stereocenters. The smallest absolute Gasteiger partial charge is 0.293 e. The van der Waals surface area contributed by atoms with E-state index in [4.69, 9.17) is 23.2 Å². The highest BCUT2D eigenvalue weighted by Gasteiger charge is 2.19. The molecule has 0 aliphatic rings. The molecule has 0 fully saturated rings. The number of halogens is 2. The Morgan fingerprint density at radius 1 is 1.12 bits per heavy atom. The van der Waals surface area contributed by atoms with Gasteiger partial charge in [-0.2, -0.15) is 0 Å². The average molecular weight is 404 g/mol.